The molecule has 1 fully saturated rings. The smallest absolute Gasteiger partial charge is 0.315 e. The standard InChI is InChI=1S/C16H22N4OS/c21-16(19-13-5-2-1-3-6-13)18-10-12-22-15-8-4-7-14-17-9-11-20(14)15/h4,7-9,11,13H,1-3,5-6,10,12H2,(H2,18,19,21). The van der Waals surface area contributed by atoms with Gasteiger partial charge in [-0.2, -0.15) is 0 Å². The number of nitrogens with one attached hydrogen (secondary N) is 2. The molecular formula is C16H22N4OS. The second-order valence-electron chi connectivity index (χ2n) is 5.60. The number of imidazole rings is 1. The van der Waals surface area contributed by atoms with E-state index >= 15 is 0 Å². The van der Waals surface area contributed by atoms with Crippen molar-refractivity contribution in [3.63, 3.8) is 0 Å². The highest BCUT2D eigenvalue weighted by Crippen LogP contribution is 2.19. The van der Waals surface area contributed by atoms with Crippen LogP contribution in [0.4, 0.5) is 4.79 Å². The van der Waals surface area contributed by atoms with Gasteiger partial charge < -0.3 is 10.6 Å². The van der Waals surface area contributed by atoms with Crippen LogP contribution in [0.3, 0.4) is 0 Å². The Morgan fingerprint density at radius 1 is 1.32 bits per heavy atom. The number of amides is 2. The number of fused-ring (bicyclic) bond motifs is 1. The lowest BCUT2D eigenvalue weighted by atomic mass is 9.96. The summed E-state index contributed by atoms with van der Waals surface area (Å²) in [5.74, 6) is 0.843. The monoisotopic (exact) mass is 318 g/mol. The van der Waals surface area contributed by atoms with Gasteiger partial charge in [-0.3, -0.25) is 4.40 Å². The number of hydrogen-bond acceptors (Lipinski definition) is 3. The minimum atomic E-state index is -0.0339. The average molecular weight is 318 g/mol. The van der Waals surface area contributed by atoms with E-state index in [2.05, 4.69) is 26.1 Å². The van der Waals surface area contributed by atoms with Gasteiger partial charge in [0.25, 0.3) is 0 Å². The van der Waals surface area contributed by atoms with Crippen LogP contribution in [0, 0.1) is 0 Å². The molecule has 0 bridgehead atoms. The second-order valence-corrected chi connectivity index (χ2v) is 6.72. The van der Waals surface area contributed by atoms with Crippen molar-refractivity contribution < 1.29 is 4.79 Å². The fourth-order valence-electron chi connectivity index (χ4n) is 2.84. The minimum absolute atomic E-state index is 0.0339. The minimum Gasteiger partial charge on any atom is -0.337 e. The molecule has 2 aromatic rings. The van der Waals surface area contributed by atoms with Crippen molar-refractivity contribution in [2.75, 3.05) is 12.3 Å². The number of carbonyl (C=O) groups excluding carboxylic acids is 1. The van der Waals surface area contributed by atoms with Gasteiger partial charge in [0.1, 0.15) is 5.65 Å². The van der Waals surface area contributed by atoms with Gasteiger partial charge in [-0.1, -0.05) is 25.3 Å². The summed E-state index contributed by atoms with van der Waals surface area (Å²) in [5, 5.41) is 7.16. The van der Waals surface area contributed by atoms with Crippen LogP contribution in [0.5, 0.6) is 0 Å². The SMILES string of the molecule is O=C(NCCSc1cccc2nccn12)NC1CCCCC1. The second kappa shape index (κ2) is 7.54. The Labute approximate surface area is 134 Å². The lowest BCUT2D eigenvalue weighted by Gasteiger charge is -2.22. The largest absolute Gasteiger partial charge is 0.337 e. The van der Waals surface area contributed by atoms with Gasteiger partial charge in [-0.05, 0) is 25.0 Å². The fourth-order valence-corrected chi connectivity index (χ4v) is 3.72. The van der Waals surface area contributed by atoms with Gasteiger partial charge in [0, 0.05) is 30.7 Å². The van der Waals surface area contributed by atoms with Crippen molar-refractivity contribution in [2.24, 2.45) is 0 Å². The topological polar surface area (TPSA) is 58.4 Å². The Balaban J connectivity index is 1.40. The van der Waals surface area contributed by atoms with Crippen molar-refractivity contribution in [3.8, 4) is 0 Å². The van der Waals surface area contributed by atoms with Crippen LogP contribution >= 0.6 is 11.8 Å². The number of urea groups is 1. The summed E-state index contributed by atoms with van der Waals surface area (Å²) in [5.41, 5.74) is 0.952. The molecule has 2 aromatic heterocycles. The molecule has 0 unspecified atom stereocenters. The summed E-state index contributed by atoms with van der Waals surface area (Å²) in [6.07, 6.45) is 9.76. The molecule has 22 heavy (non-hydrogen) atoms. The van der Waals surface area contributed by atoms with Crippen LogP contribution in [-0.2, 0) is 0 Å². The highest BCUT2D eigenvalue weighted by molar-refractivity contribution is 7.99. The first-order chi connectivity index (χ1) is 10.8. The first kappa shape index (κ1) is 15.2. The van der Waals surface area contributed by atoms with Gasteiger partial charge in [-0.15, -0.1) is 11.8 Å². The summed E-state index contributed by atoms with van der Waals surface area (Å²) < 4.78 is 2.06. The van der Waals surface area contributed by atoms with Crippen molar-refractivity contribution in [1.29, 1.82) is 0 Å². The molecule has 0 radical (unpaired) electrons. The number of hydrogen-bond donors (Lipinski definition) is 2. The molecule has 1 saturated carbocycles. The molecule has 118 valence electrons. The zero-order chi connectivity index (χ0) is 15.2. The Morgan fingerprint density at radius 3 is 3.05 bits per heavy atom. The molecule has 0 aromatic carbocycles. The highest BCUT2D eigenvalue weighted by atomic mass is 32.2. The summed E-state index contributed by atoms with van der Waals surface area (Å²) in [4.78, 5) is 16.1. The molecule has 1 aliphatic carbocycles. The number of nitrogens with zero attached hydrogens (tertiary/aromatic N) is 2. The van der Waals surface area contributed by atoms with E-state index < -0.39 is 0 Å². The van der Waals surface area contributed by atoms with E-state index in [0.717, 1.165) is 29.3 Å². The van der Waals surface area contributed by atoms with E-state index in [-0.39, 0.29) is 6.03 Å². The van der Waals surface area contributed by atoms with E-state index in [0.29, 0.717) is 12.6 Å². The van der Waals surface area contributed by atoms with Crippen molar-refractivity contribution >= 4 is 23.4 Å². The molecule has 6 heteroatoms. The van der Waals surface area contributed by atoms with E-state index in [4.69, 9.17) is 0 Å². The average Bonchev–Trinajstić information content (AvgIpc) is 3.02. The third-order valence-electron chi connectivity index (χ3n) is 3.97. The van der Waals surface area contributed by atoms with Crippen LogP contribution in [0.1, 0.15) is 32.1 Å². The van der Waals surface area contributed by atoms with Crippen LogP contribution in [-0.4, -0.2) is 33.8 Å². The number of carbonyl (C=O) groups is 1. The van der Waals surface area contributed by atoms with Crippen LogP contribution in [0.25, 0.3) is 5.65 Å². The Bertz CT molecular complexity index is 621. The predicted molar refractivity (Wildman–Crippen MR) is 89.3 cm³/mol. The van der Waals surface area contributed by atoms with E-state index in [1.165, 1.54) is 19.3 Å². The summed E-state index contributed by atoms with van der Waals surface area (Å²) in [6, 6.07) is 6.39. The number of pyridine rings is 1. The molecule has 0 atom stereocenters. The van der Waals surface area contributed by atoms with Gasteiger partial charge in [0.15, 0.2) is 0 Å². The van der Waals surface area contributed by atoms with Crippen LogP contribution < -0.4 is 10.6 Å². The predicted octanol–water partition coefficient (Wildman–Crippen LogP) is 3.06. The first-order valence-electron chi connectivity index (χ1n) is 7.92. The van der Waals surface area contributed by atoms with Gasteiger partial charge in [0.2, 0.25) is 0 Å². The van der Waals surface area contributed by atoms with E-state index in [9.17, 15) is 4.79 Å². The maximum Gasteiger partial charge on any atom is 0.315 e. The normalized spacial score (nSPS) is 15.8. The Hall–Kier alpha value is -1.69. The molecule has 3 rings (SSSR count). The molecule has 2 amide bonds. The lowest BCUT2D eigenvalue weighted by molar-refractivity contribution is 0.233. The molecule has 0 spiro atoms. The molecule has 2 heterocycles. The maximum absolute atomic E-state index is 11.8. The molecule has 2 N–H and O–H groups in total. The quantitative estimate of drug-likeness (QED) is 0.658. The molecule has 0 saturated heterocycles. The fraction of sp³-hybridized carbons (Fsp3) is 0.500. The van der Waals surface area contributed by atoms with Gasteiger partial charge in [0.05, 0.1) is 5.03 Å². The van der Waals surface area contributed by atoms with Crippen molar-refractivity contribution in [2.45, 2.75) is 43.2 Å². The van der Waals surface area contributed by atoms with E-state index in [1.54, 1.807) is 18.0 Å². The maximum atomic E-state index is 11.8. The zero-order valence-corrected chi connectivity index (χ0v) is 13.4. The highest BCUT2D eigenvalue weighted by Gasteiger charge is 2.15. The third kappa shape index (κ3) is 3.94. The first-order valence-corrected chi connectivity index (χ1v) is 8.91. The van der Waals surface area contributed by atoms with Crippen LogP contribution in [0.15, 0.2) is 35.6 Å². The Morgan fingerprint density at radius 2 is 2.18 bits per heavy atom. The lowest BCUT2D eigenvalue weighted by Crippen LogP contribution is -2.43. The van der Waals surface area contributed by atoms with Gasteiger partial charge in [-0.25, -0.2) is 9.78 Å². The van der Waals surface area contributed by atoms with Crippen molar-refractivity contribution in [1.82, 2.24) is 20.0 Å². The van der Waals surface area contributed by atoms with Gasteiger partial charge >= 0.3 is 6.03 Å². The van der Waals surface area contributed by atoms with Crippen LogP contribution in [0.2, 0.25) is 0 Å². The zero-order valence-electron chi connectivity index (χ0n) is 12.6. The summed E-state index contributed by atoms with van der Waals surface area (Å²) in [6.45, 7) is 0.661. The Kier molecular flexibility index (Phi) is 5.21. The number of thioether (sulfide) groups is 1. The van der Waals surface area contributed by atoms with E-state index in [1.807, 2.05) is 18.3 Å². The summed E-state index contributed by atoms with van der Waals surface area (Å²) >= 11 is 1.72. The molecule has 1 aliphatic rings. The molecular weight excluding hydrogens is 296 g/mol. The molecule has 5 nitrogen and oxygen atoms in total. The number of aromatic nitrogens is 2. The number of rotatable bonds is 5. The molecule has 0 aliphatic heterocycles. The third-order valence-corrected chi connectivity index (χ3v) is 5.01. The summed E-state index contributed by atoms with van der Waals surface area (Å²) in [7, 11) is 0. The van der Waals surface area contributed by atoms with Crippen molar-refractivity contribution in [3.05, 3.63) is 30.6 Å².